The van der Waals surface area contributed by atoms with Gasteiger partial charge in [0.25, 0.3) is 5.91 Å². The Balaban J connectivity index is 1.85. The van der Waals surface area contributed by atoms with Gasteiger partial charge in [-0.3, -0.25) is 4.79 Å². The van der Waals surface area contributed by atoms with E-state index in [0.717, 1.165) is 31.6 Å². The van der Waals surface area contributed by atoms with Gasteiger partial charge in [0.05, 0.1) is 23.4 Å². The Morgan fingerprint density at radius 1 is 1.06 bits per heavy atom. The van der Waals surface area contributed by atoms with Gasteiger partial charge in [-0.15, -0.1) is 0 Å². The summed E-state index contributed by atoms with van der Waals surface area (Å²) in [5, 5.41) is 2.90. The van der Waals surface area contributed by atoms with Gasteiger partial charge in [0.15, 0.2) is 6.10 Å². The van der Waals surface area contributed by atoms with E-state index in [1.165, 1.54) is 4.31 Å². The van der Waals surface area contributed by atoms with Gasteiger partial charge in [0, 0.05) is 26.2 Å². The minimum Gasteiger partial charge on any atom is -0.497 e. The van der Waals surface area contributed by atoms with E-state index in [9.17, 15) is 13.2 Å². The normalized spacial score (nSPS) is 14.9. The summed E-state index contributed by atoms with van der Waals surface area (Å²) in [6.45, 7) is 7.75. The second-order valence-electron chi connectivity index (χ2n) is 7.89. The molecule has 0 spiro atoms. The Labute approximate surface area is 196 Å². The zero-order valence-corrected chi connectivity index (χ0v) is 20.5. The van der Waals surface area contributed by atoms with Gasteiger partial charge in [-0.2, -0.15) is 4.31 Å². The molecule has 2 aromatic rings. The summed E-state index contributed by atoms with van der Waals surface area (Å²) >= 11 is 0. The minimum atomic E-state index is -3.65. The quantitative estimate of drug-likeness (QED) is 0.563. The highest BCUT2D eigenvalue weighted by molar-refractivity contribution is 7.89. The first kappa shape index (κ1) is 24.9. The second kappa shape index (κ2) is 10.9. The third-order valence-corrected chi connectivity index (χ3v) is 7.80. The van der Waals surface area contributed by atoms with Crippen LogP contribution >= 0.6 is 0 Å². The van der Waals surface area contributed by atoms with Crippen molar-refractivity contribution in [2.75, 3.05) is 43.5 Å². The first-order chi connectivity index (χ1) is 15.8. The molecule has 33 heavy (non-hydrogen) atoms. The van der Waals surface area contributed by atoms with Crippen LogP contribution in [0, 0.1) is 0 Å². The number of sulfonamides is 1. The van der Waals surface area contributed by atoms with Gasteiger partial charge in [0.2, 0.25) is 10.0 Å². The van der Waals surface area contributed by atoms with E-state index in [1.807, 2.05) is 0 Å². The molecule has 1 atom stereocenters. The Kier molecular flexibility index (Phi) is 8.20. The Morgan fingerprint density at radius 3 is 2.24 bits per heavy atom. The van der Waals surface area contributed by atoms with E-state index in [0.29, 0.717) is 30.3 Å². The zero-order valence-electron chi connectivity index (χ0n) is 19.7. The minimum absolute atomic E-state index is 0.160. The fourth-order valence-corrected chi connectivity index (χ4v) is 5.35. The SMILES string of the molecule is CCN(CC)S(=O)(=O)c1ccc(N2CCCC2)c(NC(=O)C(C)Oc2ccc(OC)cc2)c1. The summed E-state index contributed by atoms with van der Waals surface area (Å²) in [7, 11) is -2.07. The van der Waals surface area contributed by atoms with Gasteiger partial charge < -0.3 is 19.7 Å². The highest BCUT2D eigenvalue weighted by Crippen LogP contribution is 2.32. The van der Waals surface area contributed by atoms with E-state index >= 15 is 0 Å². The van der Waals surface area contributed by atoms with E-state index in [4.69, 9.17) is 9.47 Å². The van der Waals surface area contributed by atoms with Crippen molar-refractivity contribution in [3.63, 3.8) is 0 Å². The van der Waals surface area contributed by atoms with Crippen LogP contribution in [-0.4, -0.2) is 58.0 Å². The van der Waals surface area contributed by atoms with Gasteiger partial charge in [-0.05, 0) is 62.2 Å². The average Bonchev–Trinajstić information content (AvgIpc) is 3.35. The summed E-state index contributed by atoms with van der Waals surface area (Å²) < 4.78 is 38.4. The smallest absolute Gasteiger partial charge is 0.265 e. The standard InChI is InChI=1S/C24H33N3O5S/c1-5-27(6-2)33(29,30)21-13-14-23(26-15-7-8-16-26)22(17-21)25-24(28)18(3)32-20-11-9-19(31-4)10-12-20/h9-14,17-18H,5-8,15-16H2,1-4H3,(H,25,28). The number of benzene rings is 2. The third-order valence-electron chi connectivity index (χ3n) is 5.76. The van der Waals surface area contributed by atoms with Crippen LogP contribution in [0.25, 0.3) is 0 Å². The molecule has 1 heterocycles. The van der Waals surface area contributed by atoms with Crippen LogP contribution in [0.15, 0.2) is 47.4 Å². The van der Waals surface area contributed by atoms with Crippen molar-refractivity contribution in [2.45, 2.75) is 44.6 Å². The van der Waals surface area contributed by atoms with Crippen molar-refractivity contribution < 1.29 is 22.7 Å². The maximum absolute atomic E-state index is 13.1. The van der Waals surface area contributed by atoms with Gasteiger partial charge in [-0.25, -0.2) is 8.42 Å². The molecule has 1 N–H and O–H groups in total. The molecule has 0 bridgehead atoms. The number of ether oxygens (including phenoxy) is 2. The van der Waals surface area contributed by atoms with Crippen molar-refractivity contribution >= 4 is 27.3 Å². The molecule has 1 amide bonds. The number of amides is 1. The van der Waals surface area contributed by atoms with Crippen LogP contribution in [0.5, 0.6) is 11.5 Å². The first-order valence-electron chi connectivity index (χ1n) is 11.3. The Morgan fingerprint density at radius 2 is 1.67 bits per heavy atom. The summed E-state index contributed by atoms with van der Waals surface area (Å²) in [4.78, 5) is 15.3. The van der Waals surface area contributed by atoms with Crippen LogP contribution in [0.4, 0.5) is 11.4 Å². The van der Waals surface area contributed by atoms with Crippen LogP contribution < -0.4 is 19.7 Å². The van der Waals surface area contributed by atoms with Crippen LogP contribution in [0.1, 0.15) is 33.6 Å². The van der Waals surface area contributed by atoms with Crippen molar-refractivity contribution in [2.24, 2.45) is 0 Å². The van der Waals surface area contributed by atoms with E-state index in [-0.39, 0.29) is 10.8 Å². The number of rotatable bonds is 10. The van der Waals surface area contributed by atoms with Crippen LogP contribution in [0.3, 0.4) is 0 Å². The van der Waals surface area contributed by atoms with E-state index < -0.39 is 16.1 Å². The molecule has 0 aromatic heterocycles. The predicted molar refractivity (Wildman–Crippen MR) is 130 cm³/mol. The van der Waals surface area contributed by atoms with E-state index in [1.54, 1.807) is 70.3 Å². The zero-order chi connectivity index (χ0) is 24.0. The second-order valence-corrected chi connectivity index (χ2v) is 9.83. The fourth-order valence-electron chi connectivity index (χ4n) is 3.87. The number of nitrogens with zero attached hydrogens (tertiary/aromatic N) is 2. The highest BCUT2D eigenvalue weighted by Gasteiger charge is 2.26. The molecule has 180 valence electrons. The van der Waals surface area contributed by atoms with Gasteiger partial charge >= 0.3 is 0 Å². The molecule has 0 saturated carbocycles. The number of hydrogen-bond acceptors (Lipinski definition) is 6. The maximum Gasteiger partial charge on any atom is 0.265 e. The number of carbonyl (C=O) groups is 1. The molecule has 2 aromatic carbocycles. The Hall–Kier alpha value is -2.78. The number of nitrogens with one attached hydrogen (secondary N) is 1. The van der Waals surface area contributed by atoms with Crippen LogP contribution in [-0.2, 0) is 14.8 Å². The lowest BCUT2D eigenvalue weighted by atomic mass is 10.2. The average molecular weight is 476 g/mol. The van der Waals surface area contributed by atoms with Crippen molar-refractivity contribution in [3.05, 3.63) is 42.5 Å². The van der Waals surface area contributed by atoms with Gasteiger partial charge in [-0.1, -0.05) is 13.8 Å². The lowest BCUT2D eigenvalue weighted by molar-refractivity contribution is -0.122. The third kappa shape index (κ3) is 5.78. The molecular weight excluding hydrogens is 442 g/mol. The monoisotopic (exact) mass is 475 g/mol. The number of hydrogen-bond donors (Lipinski definition) is 1. The molecule has 1 fully saturated rings. The molecule has 1 aliphatic rings. The van der Waals surface area contributed by atoms with Crippen molar-refractivity contribution in [1.29, 1.82) is 0 Å². The lowest BCUT2D eigenvalue weighted by Gasteiger charge is -2.25. The summed E-state index contributed by atoms with van der Waals surface area (Å²) in [6, 6.07) is 11.9. The van der Waals surface area contributed by atoms with Gasteiger partial charge in [0.1, 0.15) is 11.5 Å². The highest BCUT2D eigenvalue weighted by atomic mass is 32.2. The molecule has 3 rings (SSSR count). The molecule has 1 aliphatic heterocycles. The molecule has 8 nitrogen and oxygen atoms in total. The summed E-state index contributed by atoms with van der Waals surface area (Å²) in [5.41, 5.74) is 1.29. The molecule has 0 aliphatic carbocycles. The largest absolute Gasteiger partial charge is 0.497 e. The summed E-state index contributed by atoms with van der Waals surface area (Å²) in [6.07, 6.45) is 1.33. The molecule has 9 heteroatoms. The summed E-state index contributed by atoms with van der Waals surface area (Å²) in [5.74, 6) is 0.876. The molecule has 1 saturated heterocycles. The first-order valence-corrected chi connectivity index (χ1v) is 12.7. The van der Waals surface area contributed by atoms with Crippen molar-refractivity contribution in [3.8, 4) is 11.5 Å². The predicted octanol–water partition coefficient (Wildman–Crippen LogP) is 3.73. The van der Waals surface area contributed by atoms with Crippen molar-refractivity contribution in [1.82, 2.24) is 4.31 Å². The fraction of sp³-hybridized carbons (Fsp3) is 0.458. The maximum atomic E-state index is 13.1. The number of methoxy groups -OCH3 is 1. The Bertz CT molecular complexity index is 1050. The number of anilines is 2. The molecular formula is C24H33N3O5S. The molecule has 0 radical (unpaired) electrons. The lowest BCUT2D eigenvalue weighted by Crippen LogP contribution is -2.32. The molecule has 1 unspecified atom stereocenters. The van der Waals surface area contributed by atoms with E-state index in [2.05, 4.69) is 10.2 Å². The topological polar surface area (TPSA) is 88.2 Å². The van der Waals surface area contributed by atoms with Crippen LogP contribution in [0.2, 0.25) is 0 Å². The number of carbonyl (C=O) groups excluding carboxylic acids is 1.